The quantitative estimate of drug-likeness (QED) is 0.416. The molecule has 2 nitrogen and oxygen atoms in total. The minimum absolute atomic E-state index is 0. The van der Waals surface area contributed by atoms with Gasteiger partial charge in [-0.25, -0.2) is 12.6 Å². The summed E-state index contributed by atoms with van der Waals surface area (Å²) in [5.74, 6) is 0. The number of hydrogen-bond donors (Lipinski definition) is 1. The first-order valence-corrected chi connectivity index (χ1v) is 5.51. The van der Waals surface area contributed by atoms with Crippen molar-refractivity contribution in [2.24, 2.45) is 0 Å². The van der Waals surface area contributed by atoms with Gasteiger partial charge in [-0.15, -0.1) is 0 Å². The molecule has 0 aliphatic rings. The Morgan fingerprint density at radius 2 is 2.00 bits per heavy atom. The van der Waals surface area contributed by atoms with E-state index in [4.69, 9.17) is 23.2 Å². The van der Waals surface area contributed by atoms with Crippen molar-refractivity contribution >= 4 is 62.8 Å². The number of hydrogen-bond acceptors (Lipinski definition) is 3. The fourth-order valence-electron chi connectivity index (χ4n) is 1.01. The summed E-state index contributed by atoms with van der Waals surface area (Å²) in [6.07, 6.45) is 2.73. The Labute approximate surface area is 136 Å². The Hall–Kier alpha value is 1.07. The van der Waals surface area contributed by atoms with E-state index in [1.54, 1.807) is 0 Å². The standard InChI is InChI=1S/C8H2BrCl2N2S.Y/c9-3-2-12-6-4(10)1-5(11)13-7(6)8(3)14;/h1H,(H,12,14);/q-1;. The van der Waals surface area contributed by atoms with Gasteiger partial charge >= 0.3 is 0 Å². The second-order valence-corrected chi connectivity index (χ2v) is 4.54. The van der Waals surface area contributed by atoms with Crippen LogP contribution in [0, 0.1) is 6.20 Å². The number of pyridine rings is 2. The number of aromatic nitrogens is 2. The van der Waals surface area contributed by atoms with Gasteiger partial charge in [0, 0.05) is 37.7 Å². The summed E-state index contributed by atoms with van der Waals surface area (Å²) in [4.78, 5) is 8.72. The van der Waals surface area contributed by atoms with Gasteiger partial charge in [0.1, 0.15) is 5.15 Å². The topological polar surface area (TPSA) is 25.8 Å². The van der Waals surface area contributed by atoms with E-state index in [9.17, 15) is 0 Å². The summed E-state index contributed by atoms with van der Waals surface area (Å²) in [5.41, 5.74) is 1.11. The van der Waals surface area contributed by atoms with Crippen LogP contribution in [0.3, 0.4) is 0 Å². The third-order valence-electron chi connectivity index (χ3n) is 1.61. The zero-order chi connectivity index (χ0) is 10.3. The maximum Gasteiger partial charge on any atom is 0.127 e. The minimum Gasteiger partial charge on any atom is -0.382 e. The van der Waals surface area contributed by atoms with Gasteiger partial charge in [0.05, 0.1) is 0 Å². The molecule has 0 aliphatic heterocycles. The first kappa shape index (κ1) is 14.1. The smallest absolute Gasteiger partial charge is 0.127 e. The fourth-order valence-corrected chi connectivity index (χ4v) is 1.98. The van der Waals surface area contributed by atoms with Crippen LogP contribution in [0.15, 0.2) is 15.4 Å². The summed E-state index contributed by atoms with van der Waals surface area (Å²) in [5, 5.41) is 0.761. The van der Waals surface area contributed by atoms with E-state index in [-0.39, 0.29) is 32.7 Å². The molecule has 0 atom stereocenters. The fraction of sp³-hybridized carbons (Fsp3) is 0. The number of fused-ring (bicyclic) bond motifs is 1. The summed E-state index contributed by atoms with van der Waals surface area (Å²) in [7, 11) is 0. The van der Waals surface area contributed by atoms with Crippen molar-refractivity contribution in [3.8, 4) is 0 Å². The third kappa shape index (κ3) is 2.85. The van der Waals surface area contributed by atoms with Crippen LogP contribution in [0.2, 0.25) is 10.2 Å². The van der Waals surface area contributed by atoms with Crippen LogP contribution in [-0.2, 0) is 32.7 Å². The molecule has 0 aromatic carbocycles. The number of nitrogens with zero attached hydrogens (tertiary/aromatic N) is 2. The van der Waals surface area contributed by atoms with Gasteiger partial charge in [0.2, 0.25) is 0 Å². The predicted octanol–water partition coefficient (Wildman–Crippen LogP) is 3.79. The summed E-state index contributed by atoms with van der Waals surface area (Å²) in [6, 6.07) is 1.54. The molecule has 0 N–H and O–H groups in total. The van der Waals surface area contributed by atoms with Crippen LogP contribution in [-0.4, -0.2) is 9.97 Å². The predicted molar refractivity (Wildman–Crippen MR) is 63.3 cm³/mol. The van der Waals surface area contributed by atoms with Gasteiger partial charge < -0.3 is 4.98 Å². The Bertz CT molecular complexity index is 523. The summed E-state index contributed by atoms with van der Waals surface area (Å²) < 4.78 is 0.638. The van der Waals surface area contributed by atoms with Crippen LogP contribution < -0.4 is 0 Å². The molecule has 2 heterocycles. The Morgan fingerprint density at radius 1 is 1.33 bits per heavy atom. The van der Waals surface area contributed by atoms with E-state index in [0.29, 0.717) is 30.6 Å². The van der Waals surface area contributed by atoms with Crippen molar-refractivity contribution in [1.82, 2.24) is 9.97 Å². The zero-order valence-corrected chi connectivity index (χ0v) is 14.0. The minimum atomic E-state index is 0. The first-order valence-electron chi connectivity index (χ1n) is 3.51. The Morgan fingerprint density at radius 3 is 2.67 bits per heavy atom. The molecule has 0 saturated heterocycles. The van der Waals surface area contributed by atoms with Gasteiger partial charge in [-0.1, -0.05) is 54.7 Å². The van der Waals surface area contributed by atoms with E-state index >= 15 is 0 Å². The molecular formula is C8H2BrCl2N2SY-. The second-order valence-electron chi connectivity index (χ2n) is 2.51. The largest absolute Gasteiger partial charge is 0.382 e. The maximum atomic E-state index is 5.93. The van der Waals surface area contributed by atoms with Crippen LogP contribution in [0.1, 0.15) is 0 Å². The van der Waals surface area contributed by atoms with E-state index in [2.05, 4.69) is 44.7 Å². The molecule has 0 aliphatic carbocycles. The van der Waals surface area contributed by atoms with Crippen LogP contribution in [0.25, 0.3) is 11.0 Å². The van der Waals surface area contributed by atoms with Crippen LogP contribution in [0.4, 0.5) is 0 Å². The normalized spacial score (nSPS) is 10.1. The number of thiol groups is 1. The SMILES string of the molecule is Sc1c(Br)[c-]nc2c(Cl)cc(Cl)nc12.[Y]. The Balaban J connectivity index is 0.00000112. The van der Waals surface area contributed by atoms with Gasteiger partial charge in [0.25, 0.3) is 0 Å². The number of halogens is 3. The summed E-state index contributed by atoms with van der Waals surface area (Å²) >= 11 is 19.2. The van der Waals surface area contributed by atoms with E-state index in [1.165, 1.54) is 6.07 Å². The molecule has 7 heteroatoms. The van der Waals surface area contributed by atoms with Crippen LogP contribution >= 0.6 is 51.8 Å². The first-order chi connectivity index (χ1) is 6.59. The van der Waals surface area contributed by atoms with E-state index < -0.39 is 0 Å². The maximum absolute atomic E-state index is 5.93. The molecule has 0 fully saturated rings. The van der Waals surface area contributed by atoms with Gasteiger partial charge in [0.15, 0.2) is 0 Å². The molecule has 0 saturated carbocycles. The van der Waals surface area contributed by atoms with Crippen molar-refractivity contribution in [3.05, 3.63) is 26.9 Å². The molecule has 75 valence electrons. The van der Waals surface area contributed by atoms with Gasteiger partial charge in [-0.3, -0.25) is 4.98 Å². The molecule has 0 spiro atoms. The molecule has 0 bridgehead atoms. The molecule has 2 rings (SSSR count). The van der Waals surface area contributed by atoms with E-state index in [1.807, 2.05) is 0 Å². The van der Waals surface area contributed by atoms with Crippen molar-refractivity contribution in [1.29, 1.82) is 0 Å². The van der Waals surface area contributed by atoms with Crippen molar-refractivity contribution < 1.29 is 32.7 Å². The number of rotatable bonds is 0. The third-order valence-corrected chi connectivity index (χ3v) is 3.41. The molecular weight excluding hydrogens is 396 g/mol. The van der Waals surface area contributed by atoms with Crippen molar-refractivity contribution in [2.45, 2.75) is 4.90 Å². The molecule has 1 radical (unpaired) electrons. The summed E-state index contributed by atoms with van der Waals surface area (Å²) in [6.45, 7) is 0. The van der Waals surface area contributed by atoms with Crippen molar-refractivity contribution in [3.63, 3.8) is 0 Å². The molecule has 0 amide bonds. The Kier molecular flexibility index (Phi) is 5.29. The molecule has 0 unspecified atom stereocenters. The van der Waals surface area contributed by atoms with Gasteiger partial charge in [-0.05, 0) is 17.1 Å². The van der Waals surface area contributed by atoms with E-state index in [0.717, 1.165) is 0 Å². The molecule has 15 heavy (non-hydrogen) atoms. The van der Waals surface area contributed by atoms with Gasteiger partial charge in [-0.2, -0.15) is 0 Å². The average Bonchev–Trinajstić information content (AvgIpc) is 2.12. The van der Waals surface area contributed by atoms with Crippen LogP contribution in [0.5, 0.6) is 0 Å². The monoisotopic (exact) mass is 396 g/mol. The second kappa shape index (κ2) is 5.61. The zero-order valence-electron chi connectivity index (χ0n) is 7.13. The average molecular weight is 398 g/mol. The molecule has 2 aromatic heterocycles. The molecule has 2 aromatic rings. The van der Waals surface area contributed by atoms with Crippen molar-refractivity contribution in [2.75, 3.05) is 0 Å².